The normalized spacial score (nSPS) is 26.9. The highest BCUT2D eigenvalue weighted by atomic mass is 32.2. The maximum atomic E-state index is 15.3. The Balaban J connectivity index is 4.50. The lowest BCUT2D eigenvalue weighted by molar-refractivity contribution is -0.157. The molecule has 1 aliphatic rings. The Morgan fingerprint density at radius 1 is 0.467 bits per heavy atom. The van der Waals surface area contributed by atoms with Gasteiger partial charge in [0.2, 0.25) is 65.0 Å². The maximum absolute atomic E-state index is 15.3. The molecule has 11 amide bonds. The van der Waals surface area contributed by atoms with Crippen molar-refractivity contribution in [3.8, 4) is 0 Å². The highest BCUT2D eigenvalue weighted by Crippen LogP contribution is 2.26. The average molecular weight is 1290 g/mol. The fourth-order valence-corrected chi connectivity index (χ4v) is 12.2. The van der Waals surface area contributed by atoms with E-state index in [9.17, 15) is 33.9 Å². The molecule has 1 rings (SSSR count). The van der Waals surface area contributed by atoms with Gasteiger partial charge in [0.05, 0.1) is 6.10 Å². The van der Waals surface area contributed by atoms with E-state index in [2.05, 4.69) is 21.3 Å². The molecule has 516 valence electrons. The van der Waals surface area contributed by atoms with Crippen molar-refractivity contribution in [1.29, 1.82) is 0 Å². The summed E-state index contributed by atoms with van der Waals surface area (Å²) < 4.78 is 0. The highest BCUT2D eigenvalue weighted by Gasteiger charge is 2.46. The molecule has 25 heteroatoms. The van der Waals surface area contributed by atoms with Crippen LogP contribution >= 0.6 is 11.8 Å². The molecule has 0 saturated carbocycles. The zero-order valence-electron chi connectivity index (χ0n) is 59.0. The third-order valence-corrected chi connectivity index (χ3v) is 18.0. The molecule has 1 aliphatic heterocycles. The van der Waals surface area contributed by atoms with Crippen LogP contribution in [0.2, 0.25) is 0 Å². The lowest BCUT2D eigenvalue weighted by Crippen LogP contribution is -2.64. The van der Waals surface area contributed by atoms with Crippen molar-refractivity contribution in [2.24, 2.45) is 47.2 Å². The number of thioether (sulfide) groups is 1. The van der Waals surface area contributed by atoms with Crippen LogP contribution in [0, 0.1) is 41.4 Å². The van der Waals surface area contributed by atoms with Crippen molar-refractivity contribution in [1.82, 2.24) is 55.6 Å². The molecule has 0 unspecified atom stereocenters. The van der Waals surface area contributed by atoms with Crippen molar-refractivity contribution in [2.45, 2.75) is 229 Å². The van der Waals surface area contributed by atoms with Crippen molar-refractivity contribution >= 4 is 76.7 Å². The molecular weight excluding hydrogens is 1170 g/mol. The number of aliphatic hydroxyl groups is 1. The quantitative estimate of drug-likeness (QED) is 0.0799. The minimum Gasteiger partial charge on any atom is -0.390 e. The number of carbonyl (C=O) groups is 11. The molecule has 0 radical (unpaired) electrons. The Hall–Kier alpha value is -5.82. The number of hydrogen-bond donors (Lipinski definition) is 6. The molecule has 0 aromatic rings. The van der Waals surface area contributed by atoms with E-state index in [-0.39, 0.29) is 68.1 Å². The lowest BCUT2D eigenvalue weighted by Gasteiger charge is -2.41. The lowest BCUT2D eigenvalue weighted by atomic mass is 9.91. The van der Waals surface area contributed by atoms with E-state index in [1.165, 1.54) is 104 Å². The number of allylic oxidation sites excluding steroid dienone is 2. The fraction of sp³-hybridized carbons (Fsp3) is 0.800. The van der Waals surface area contributed by atoms with Gasteiger partial charge in [0.1, 0.15) is 66.5 Å². The molecular formula is C65H118N12O12S. The van der Waals surface area contributed by atoms with Crippen LogP contribution in [0.25, 0.3) is 0 Å². The predicted molar refractivity (Wildman–Crippen MR) is 354 cm³/mol. The molecule has 0 aliphatic carbocycles. The van der Waals surface area contributed by atoms with E-state index in [1.807, 2.05) is 61.5 Å². The number of nitrogens with two attached hydrogens (primary N) is 1. The summed E-state index contributed by atoms with van der Waals surface area (Å²) in [5, 5.41) is 23.3. The van der Waals surface area contributed by atoms with Crippen LogP contribution in [-0.2, 0) is 52.7 Å². The molecule has 0 aromatic carbocycles. The van der Waals surface area contributed by atoms with Gasteiger partial charge in [-0.15, -0.1) is 0 Å². The number of likely N-dealkylation sites (N-methyl/N-ethyl adjacent to an activating group) is 7. The van der Waals surface area contributed by atoms with E-state index in [4.69, 9.17) is 5.73 Å². The SMILES string of the molecule is C/C=C/C[C@@H](C)[C@@H](O)[C@H]1C(=O)N[C@@H](CC)C(=O)N(C)[C@H](CSCCN)C(=O)N(C)[C@@H](CC(C)C)C(=O)N[C@@H](C(C)C)C(=O)N(C)[C@@H](CC(C)C)C(=O)N[C@@H](C)C(=O)N[C@H](C)C(=O)N(C)[C@@H](CC(C)C)C(=O)N(C)[C@@H](CC(C)C)C(=O)N(C)[C@@H](C(C)C)C(=O)N1C. The number of nitrogens with one attached hydrogen (secondary N) is 4. The molecule has 7 N–H and O–H groups in total. The summed E-state index contributed by atoms with van der Waals surface area (Å²) >= 11 is 1.30. The van der Waals surface area contributed by atoms with Crippen molar-refractivity contribution < 1.29 is 57.8 Å². The van der Waals surface area contributed by atoms with Gasteiger partial charge in [-0.2, -0.15) is 11.8 Å². The molecule has 0 spiro atoms. The largest absolute Gasteiger partial charge is 0.390 e. The van der Waals surface area contributed by atoms with E-state index in [1.54, 1.807) is 54.5 Å². The van der Waals surface area contributed by atoms with Gasteiger partial charge in [0, 0.05) is 67.4 Å². The van der Waals surface area contributed by atoms with Gasteiger partial charge >= 0.3 is 0 Å². The van der Waals surface area contributed by atoms with Crippen LogP contribution < -0.4 is 27.0 Å². The summed E-state index contributed by atoms with van der Waals surface area (Å²) in [6, 6.07) is -13.8. The van der Waals surface area contributed by atoms with Crippen molar-refractivity contribution in [3.63, 3.8) is 0 Å². The number of rotatable bonds is 19. The molecule has 0 aromatic heterocycles. The Bertz CT molecular complexity index is 2440. The van der Waals surface area contributed by atoms with Crippen LogP contribution in [0.5, 0.6) is 0 Å². The summed E-state index contributed by atoms with van der Waals surface area (Å²) in [7, 11) is 10.0. The van der Waals surface area contributed by atoms with Crippen LogP contribution in [-0.4, -0.2) is 244 Å². The van der Waals surface area contributed by atoms with E-state index in [0.29, 0.717) is 12.2 Å². The van der Waals surface area contributed by atoms with E-state index < -0.39 is 155 Å². The van der Waals surface area contributed by atoms with Crippen LogP contribution in [0.3, 0.4) is 0 Å². The van der Waals surface area contributed by atoms with Gasteiger partial charge < -0.3 is 66.4 Å². The molecule has 24 nitrogen and oxygen atoms in total. The van der Waals surface area contributed by atoms with Crippen molar-refractivity contribution in [3.05, 3.63) is 12.2 Å². The summed E-state index contributed by atoms with van der Waals surface area (Å²) in [4.78, 5) is 172. The first-order valence-electron chi connectivity index (χ1n) is 32.3. The zero-order chi connectivity index (χ0) is 69.7. The van der Waals surface area contributed by atoms with Crippen molar-refractivity contribution in [2.75, 3.05) is 67.4 Å². The van der Waals surface area contributed by atoms with Gasteiger partial charge in [-0.3, -0.25) is 52.7 Å². The second-order valence-electron chi connectivity index (χ2n) is 27.2. The van der Waals surface area contributed by atoms with Gasteiger partial charge in [0.15, 0.2) is 0 Å². The minimum absolute atomic E-state index is 0.00227. The smallest absolute Gasteiger partial charge is 0.246 e. The maximum Gasteiger partial charge on any atom is 0.246 e. The standard InChI is InChI=1S/C65H118N12O12S/c1-25-27-28-42(15)54(78)53-58(82)69-45(26-2)60(84)75(22)50(35-90-30-29-66)63(87)71(18)47(32-37(5)6)57(81)70-51(40(11)12)64(88)72(19)46(31-36(3)4)56(80)67-43(16)55(79)68-44(17)59(83)73(20)48(33-38(7)8)61(85)74(21)49(34-39(9)10)62(86)76(23)52(41(13)14)65(89)77(53)24/h25,27,36-54,78H,26,28-35,66H2,1-24H3,(H,67,80)(H,68,79)(H,69,82)(H,70,81)/b27-25+/t42-,43+,44-,45+,46+,47+,48+,49+,50-,51+,52+,53+,54-/m1/s1. The Labute approximate surface area is 543 Å². The number of hydrogen-bond acceptors (Lipinski definition) is 14. The molecule has 0 bridgehead atoms. The van der Waals surface area contributed by atoms with Crippen LogP contribution in [0.1, 0.15) is 156 Å². The predicted octanol–water partition coefficient (Wildman–Crippen LogP) is 3.33. The third kappa shape index (κ3) is 23.1. The summed E-state index contributed by atoms with van der Waals surface area (Å²) in [6.45, 7) is 30.2. The summed E-state index contributed by atoms with van der Waals surface area (Å²) in [6.07, 6.45) is 2.94. The van der Waals surface area contributed by atoms with Gasteiger partial charge in [-0.05, 0) is 101 Å². The zero-order valence-corrected chi connectivity index (χ0v) is 59.9. The third-order valence-electron chi connectivity index (χ3n) is 16.9. The Kier molecular flexibility index (Phi) is 34.9. The average Bonchev–Trinajstić information content (AvgIpc) is 1.57. The van der Waals surface area contributed by atoms with Gasteiger partial charge in [-0.25, -0.2) is 0 Å². The first-order valence-corrected chi connectivity index (χ1v) is 33.5. The van der Waals surface area contributed by atoms with E-state index >= 15 is 24.0 Å². The molecule has 1 saturated heterocycles. The molecule has 90 heavy (non-hydrogen) atoms. The minimum atomic E-state index is -1.64. The van der Waals surface area contributed by atoms with E-state index in [0.717, 1.165) is 4.90 Å². The number of amides is 11. The second-order valence-corrected chi connectivity index (χ2v) is 28.3. The summed E-state index contributed by atoms with van der Waals surface area (Å²) in [5.74, 6) is -9.45. The Morgan fingerprint density at radius 3 is 1.31 bits per heavy atom. The monoisotopic (exact) mass is 1290 g/mol. The number of nitrogens with zero attached hydrogens (tertiary/aromatic N) is 7. The first-order chi connectivity index (χ1) is 41.7. The fourth-order valence-electron chi connectivity index (χ4n) is 11.3. The van der Waals surface area contributed by atoms with Gasteiger partial charge in [0.25, 0.3) is 0 Å². The topological polar surface area (TPSA) is 305 Å². The number of aliphatic hydroxyl groups excluding tert-OH is 1. The van der Waals surface area contributed by atoms with Crippen LogP contribution in [0.15, 0.2) is 12.2 Å². The number of carbonyl (C=O) groups excluding carboxylic acids is 11. The van der Waals surface area contributed by atoms with Crippen LogP contribution in [0.4, 0.5) is 0 Å². The first kappa shape index (κ1) is 82.2. The summed E-state index contributed by atoms with van der Waals surface area (Å²) in [5.41, 5.74) is 5.91. The Morgan fingerprint density at radius 2 is 0.867 bits per heavy atom. The van der Waals surface area contributed by atoms with Gasteiger partial charge in [-0.1, -0.05) is 109 Å². The molecule has 1 fully saturated rings. The second kappa shape index (κ2) is 38.3. The molecule has 13 atom stereocenters. The highest BCUT2D eigenvalue weighted by molar-refractivity contribution is 7.99. The molecule has 1 heterocycles.